The van der Waals surface area contributed by atoms with Crippen LogP contribution in [0, 0.1) is 17.2 Å². The minimum atomic E-state index is -3.84. The lowest BCUT2D eigenvalue weighted by Gasteiger charge is -2.29. The van der Waals surface area contributed by atoms with Gasteiger partial charge in [0.15, 0.2) is 12.0 Å². The van der Waals surface area contributed by atoms with Gasteiger partial charge in [-0.25, -0.2) is 27.3 Å². The fourth-order valence-electron chi connectivity index (χ4n) is 5.89. The largest absolute Gasteiger partial charge is 0.451 e. The molecule has 6 aromatic rings. The van der Waals surface area contributed by atoms with Crippen LogP contribution in [0.5, 0.6) is 0 Å². The molecule has 7 rings (SSSR count). The van der Waals surface area contributed by atoms with Crippen molar-refractivity contribution >= 4 is 32.1 Å². The van der Waals surface area contributed by atoms with Crippen LogP contribution >= 0.6 is 0 Å². The third-order valence-electron chi connectivity index (χ3n) is 7.89. The first-order chi connectivity index (χ1) is 20.0. The lowest BCUT2D eigenvalue weighted by molar-refractivity contribution is 0.283. The molecule has 12 heteroatoms. The first-order valence-electron chi connectivity index (χ1n) is 13.5. The second-order valence-electron chi connectivity index (χ2n) is 10.4. The number of pyridine rings is 1. The maximum atomic E-state index is 13.5. The molecule has 0 bridgehead atoms. The molecule has 0 spiro atoms. The molecule has 0 saturated heterocycles. The Morgan fingerprint density at radius 1 is 1.05 bits per heavy atom. The van der Waals surface area contributed by atoms with E-state index in [-0.39, 0.29) is 10.9 Å². The van der Waals surface area contributed by atoms with E-state index in [1.807, 2.05) is 12.3 Å². The van der Waals surface area contributed by atoms with Crippen LogP contribution in [0.1, 0.15) is 43.8 Å². The van der Waals surface area contributed by atoms with E-state index in [1.54, 1.807) is 59.9 Å². The quantitative estimate of drug-likeness (QED) is 0.258. The molecule has 1 saturated carbocycles. The van der Waals surface area contributed by atoms with Gasteiger partial charge in [0.25, 0.3) is 10.0 Å². The summed E-state index contributed by atoms with van der Waals surface area (Å²) in [5.41, 5.74) is 3.49. The maximum absolute atomic E-state index is 13.5. The summed E-state index contributed by atoms with van der Waals surface area (Å²) in [6.45, 7) is 0.460. The molecule has 0 radical (unpaired) electrons. The van der Waals surface area contributed by atoms with Gasteiger partial charge in [-0.05, 0) is 49.8 Å². The lowest BCUT2D eigenvalue weighted by atomic mass is 9.84. The SMILES string of the molecule is N#CCC1CCC(n2c(-c3cnn(Cc4cocn4)c3)nc3cnc4c(ccn4S(=O)(=O)c4ccccc4)c32)CC1. The summed E-state index contributed by atoms with van der Waals surface area (Å²) < 4.78 is 37.4. The molecule has 206 valence electrons. The highest BCUT2D eigenvalue weighted by Gasteiger charge is 2.29. The van der Waals surface area contributed by atoms with Crippen LogP contribution in [0.15, 0.2) is 83.2 Å². The number of aromatic nitrogens is 7. The molecule has 0 aliphatic heterocycles. The van der Waals surface area contributed by atoms with Gasteiger partial charge in [-0.15, -0.1) is 0 Å². The smallest absolute Gasteiger partial charge is 0.269 e. The number of hydrogen-bond acceptors (Lipinski definition) is 8. The standard InChI is InChI=1S/C29H26N8O3S/c30-12-10-20-6-8-23(9-7-20)37-27-25-11-13-36(41(38,39)24-4-2-1-3-5-24)29(25)31-15-26(27)34-28(37)21-14-33-35(16-21)17-22-18-40-19-32-22/h1-5,11,13-16,18-20,23H,6-10,17H2. The Kier molecular flexibility index (Phi) is 6.16. The van der Waals surface area contributed by atoms with E-state index in [4.69, 9.17) is 9.40 Å². The molecule has 0 atom stereocenters. The Bertz CT molecular complexity index is 1990. The van der Waals surface area contributed by atoms with E-state index in [0.29, 0.717) is 30.0 Å². The van der Waals surface area contributed by atoms with Crippen LogP contribution in [0.4, 0.5) is 0 Å². The summed E-state index contributed by atoms with van der Waals surface area (Å²) >= 11 is 0. The van der Waals surface area contributed by atoms with Gasteiger partial charge >= 0.3 is 0 Å². The fraction of sp³-hybridized carbons (Fsp3) is 0.276. The number of benzene rings is 1. The van der Waals surface area contributed by atoms with Crippen molar-refractivity contribution in [1.82, 2.24) is 33.3 Å². The summed E-state index contributed by atoms with van der Waals surface area (Å²) in [5.74, 6) is 1.14. The zero-order valence-corrected chi connectivity index (χ0v) is 22.9. The molecule has 0 unspecified atom stereocenters. The molecule has 5 heterocycles. The Hall–Kier alpha value is -4.76. The van der Waals surface area contributed by atoms with Crippen LogP contribution < -0.4 is 0 Å². The van der Waals surface area contributed by atoms with Crippen molar-refractivity contribution in [2.45, 2.75) is 49.6 Å². The molecule has 1 fully saturated rings. The number of nitriles is 1. The molecule has 1 aromatic carbocycles. The highest BCUT2D eigenvalue weighted by atomic mass is 32.2. The molecule has 41 heavy (non-hydrogen) atoms. The van der Waals surface area contributed by atoms with E-state index in [0.717, 1.165) is 53.7 Å². The second-order valence-corrected chi connectivity index (χ2v) is 12.2. The minimum absolute atomic E-state index is 0.128. The van der Waals surface area contributed by atoms with Gasteiger partial charge in [-0.3, -0.25) is 4.68 Å². The van der Waals surface area contributed by atoms with Crippen LogP contribution in [0.25, 0.3) is 33.5 Å². The van der Waals surface area contributed by atoms with Crippen LogP contribution in [0.3, 0.4) is 0 Å². The van der Waals surface area contributed by atoms with Gasteiger partial charge in [0.1, 0.15) is 23.3 Å². The molecule has 11 nitrogen and oxygen atoms in total. The van der Waals surface area contributed by atoms with Gasteiger partial charge in [-0.1, -0.05) is 18.2 Å². The maximum Gasteiger partial charge on any atom is 0.269 e. The lowest BCUT2D eigenvalue weighted by Crippen LogP contribution is -2.19. The average Bonchev–Trinajstić information content (AvgIpc) is 3.80. The normalized spacial score (nSPS) is 17.7. The predicted molar refractivity (Wildman–Crippen MR) is 150 cm³/mol. The van der Waals surface area contributed by atoms with Crippen molar-refractivity contribution in [3.05, 3.63) is 79.5 Å². The molecular weight excluding hydrogens is 540 g/mol. The topological polar surface area (TPSA) is 137 Å². The van der Waals surface area contributed by atoms with Crippen LogP contribution in [-0.4, -0.2) is 41.7 Å². The molecular formula is C29H26N8O3S. The third kappa shape index (κ3) is 4.38. The van der Waals surface area contributed by atoms with Gasteiger partial charge < -0.3 is 8.98 Å². The first kappa shape index (κ1) is 25.2. The molecule has 0 N–H and O–H groups in total. The Balaban J connectivity index is 1.38. The average molecular weight is 567 g/mol. The summed E-state index contributed by atoms with van der Waals surface area (Å²) in [6.07, 6.45) is 14.2. The van der Waals surface area contributed by atoms with E-state index >= 15 is 0 Å². The number of hydrogen-bond donors (Lipinski definition) is 0. The van der Waals surface area contributed by atoms with Crippen molar-refractivity contribution in [1.29, 1.82) is 5.26 Å². The zero-order chi connectivity index (χ0) is 28.0. The van der Waals surface area contributed by atoms with Gasteiger partial charge in [0.2, 0.25) is 0 Å². The predicted octanol–water partition coefficient (Wildman–Crippen LogP) is 5.17. The van der Waals surface area contributed by atoms with Crippen LogP contribution in [0.2, 0.25) is 0 Å². The number of oxazole rings is 1. The Labute approximate surface area is 235 Å². The third-order valence-corrected chi connectivity index (χ3v) is 9.57. The minimum Gasteiger partial charge on any atom is -0.451 e. The van der Waals surface area contributed by atoms with Crippen molar-refractivity contribution in [3.8, 4) is 17.5 Å². The fourth-order valence-corrected chi connectivity index (χ4v) is 7.21. The number of fused-ring (bicyclic) bond motifs is 3. The van der Waals surface area contributed by atoms with Crippen LogP contribution in [-0.2, 0) is 16.6 Å². The van der Waals surface area contributed by atoms with Crippen molar-refractivity contribution in [2.24, 2.45) is 5.92 Å². The zero-order valence-electron chi connectivity index (χ0n) is 22.0. The molecule has 0 amide bonds. The highest BCUT2D eigenvalue weighted by molar-refractivity contribution is 7.90. The van der Waals surface area contributed by atoms with E-state index in [1.165, 1.54) is 10.4 Å². The monoisotopic (exact) mass is 566 g/mol. The summed E-state index contributed by atoms with van der Waals surface area (Å²) in [5, 5.41) is 14.5. The Morgan fingerprint density at radius 2 is 1.88 bits per heavy atom. The summed E-state index contributed by atoms with van der Waals surface area (Å²) in [7, 11) is -3.84. The first-order valence-corrected chi connectivity index (χ1v) is 14.9. The highest BCUT2D eigenvalue weighted by Crippen LogP contribution is 2.40. The van der Waals surface area contributed by atoms with Crippen molar-refractivity contribution in [2.75, 3.05) is 0 Å². The van der Waals surface area contributed by atoms with E-state index in [2.05, 4.69) is 25.7 Å². The van der Waals surface area contributed by atoms with E-state index < -0.39 is 10.0 Å². The molecule has 5 aromatic heterocycles. The molecule has 1 aliphatic rings. The molecule has 1 aliphatic carbocycles. The summed E-state index contributed by atoms with van der Waals surface area (Å²) in [4.78, 5) is 14.0. The number of nitrogens with zero attached hydrogens (tertiary/aromatic N) is 8. The van der Waals surface area contributed by atoms with E-state index in [9.17, 15) is 13.7 Å². The van der Waals surface area contributed by atoms with Gasteiger partial charge in [0.05, 0.1) is 41.0 Å². The Morgan fingerprint density at radius 3 is 2.63 bits per heavy atom. The van der Waals surface area contributed by atoms with Crippen molar-refractivity contribution < 1.29 is 12.8 Å². The second kappa shape index (κ2) is 10.0. The van der Waals surface area contributed by atoms with Crippen molar-refractivity contribution in [3.63, 3.8) is 0 Å². The number of rotatable bonds is 7. The van der Waals surface area contributed by atoms with Gasteiger partial charge in [0, 0.05) is 30.2 Å². The number of imidazole rings is 1. The summed E-state index contributed by atoms with van der Waals surface area (Å²) in [6, 6.07) is 12.6. The van der Waals surface area contributed by atoms with Gasteiger partial charge in [-0.2, -0.15) is 10.4 Å².